The van der Waals surface area contributed by atoms with Gasteiger partial charge in [0.05, 0.1) is 34.4 Å². The van der Waals surface area contributed by atoms with Crippen LogP contribution in [0, 0.1) is 0 Å². The van der Waals surface area contributed by atoms with E-state index >= 15 is 0 Å². The highest BCUT2D eigenvalue weighted by Gasteiger charge is 2.27. The third kappa shape index (κ3) is 1.41. The molecule has 0 spiro atoms. The number of aryl methyl sites for hydroxylation is 1. The van der Waals surface area contributed by atoms with E-state index in [1.807, 2.05) is 17.9 Å². The summed E-state index contributed by atoms with van der Waals surface area (Å²) in [4.78, 5) is 7.59. The Bertz CT molecular complexity index is 496. The number of rotatable bonds is 1. The number of aromatic amines is 1. The van der Waals surface area contributed by atoms with Crippen LogP contribution in [0.15, 0.2) is 17.0 Å². The summed E-state index contributed by atoms with van der Waals surface area (Å²) in [7, 11) is 1.95. The van der Waals surface area contributed by atoms with Crippen LogP contribution >= 0.6 is 15.9 Å². The van der Waals surface area contributed by atoms with E-state index < -0.39 is 0 Å². The molecule has 1 aliphatic rings. The van der Waals surface area contributed by atoms with Gasteiger partial charge in [0, 0.05) is 25.7 Å². The summed E-state index contributed by atoms with van der Waals surface area (Å²) in [6, 6.07) is 0.122. The molecule has 6 heteroatoms. The predicted molar refractivity (Wildman–Crippen MR) is 63.0 cm³/mol. The Hall–Kier alpha value is -1.14. The molecular formula is C10H12BrN5. The number of nitrogens with one attached hydrogen (secondary N) is 2. The Morgan fingerprint density at radius 1 is 1.56 bits per heavy atom. The highest BCUT2D eigenvalue weighted by molar-refractivity contribution is 9.10. The Kier molecular flexibility index (Phi) is 2.33. The number of hydrogen-bond acceptors (Lipinski definition) is 3. The van der Waals surface area contributed by atoms with Gasteiger partial charge in [0.25, 0.3) is 0 Å². The molecule has 16 heavy (non-hydrogen) atoms. The maximum absolute atomic E-state index is 4.40. The van der Waals surface area contributed by atoms with Crippen LogP contribution in [0.3, 0.4) is 0 Å². The van der Waals surface area contributed by atoms with Crippen LogP contribution in [0.1, 0.15) is 23.1 Å². The molecule has 1 unspecified atom stereocenters. The summed E-state index contributed by atoms with van der Waals surface area (Å²) in [6.07, 6.45) is 4.58. The summed E-state index contributed by atoms with van der Waals surface area (Å²) in [5, 5.41) is 7.71. The van der Waals surface area contributed by atoms with Crippen molar-refractivity contribution in [2.24, 2.45) is 7.05 Å². The molecule has 84 valence electrons. The summed E-state index contributed by atoms with van der Waals surface area (Å²) < 4.78 is 2.90. The first-order chi connectivity index (χ1) is 7.77. The molecule has 0 radical (unpaired) electrons. The van der Waals surface area contributed by atoms with Crippen molar-refractivity contribution in [1.29, 1.82) is 0 Å². The van der Waals surface area contributed by atoms with E-state index in [1.54, 1.807) is 6.33 Å². The third-order valence-corrected chi connectivity index (χ3v) is 3.57. The maximum atomic E-state index is 4.40. The normalized spacial score (nSPS) is 19.8. The predicted octanol–water partition coefficient (Wildman–Crippen LogP) is 1.14. The van der Waals surface area contributed by atoms with Gasteiger partial charge in [-0.2, -0.15) is 5.10 Å². The van der Waals surface area contributed by atoms with Crippen molar-refractivity contribution >= 4 is 15.9 Å². The third-order valence-electron chi connectivity index (χ3n) is 2.96. The summed E-state index contributed by atoms with van der Waals surface area (Å²) in [5.41, 5.74) is 3.42. The zero-order valence-corrected chi connectivity index (χ0v) is 10.5. The summed E-state index contributed by atoms with van der Waals surface area (Å²) in [5.74, 6) is 0. The second kappa shape index (κ2) is 3.71. The monoisotopic (exact) mass is 281 g/mol. The standard InChI is InChI=1S/C10H12BrN5/c1-16-10(6(11)4-15-16)9-8-7(2-3-12-9)13-5-14-8/h4-5,9,12H,2-3H2,1H3,(H,13,14). The lowest BCUT2D eigenvalue weighted by Crippen LogP contribution is -2.32. The molecule has 3 rings (SSSR count). The molecule has 2 aromatic rings. The average molecular weight is 282 g/mol. The first kappa shape index (κ1) is 10.0. The van der Waals surface area contributed by atoms with E-state index in [9.17, 15) is 0 Å². The van der Waals surface area contributed by atoms with E-state index in [-0.39, 0.29) is 6.04 Å². The number of fused-ring (bicyclic) bond motifs is 1. The zero-order chi connectivity index (χ0) is 11.1. The zero-order valence-electron chi connectivity index (χ0n) is 8.87. The number of H-pyrrole nitrogens is 1. The number of nitrogens with zero attached hydrogens (tertiary/aromatic N) is 3. The minimum Gasteiger partial charge on any atom is -0.348 e. The average Bonchev–Trinajstić information content (AvgIpc) is 2.86. The Morgan fingerprint density at radius 3 is 3.19 bits per heavy atom. The van der Waals surface area contributed by atoms with Crippen molar-refractivity contribution in [3.63, 3.8) is 0 Å². The fourth-order valence-electron chi connectivity index (χ4n) is 2.19. The van der Waals surface area contributed by atoms with Gasteiger partial charge in [0.15, 0.2) is 0 Å². The molecule has 2 aromatic heterocycles. The maximum Gasteiger partial charge on any atom is 0.0951 e. The topological polar surface area (TPSA) is 58.5 Å². The lowest BCUT2D eigenvalue weighted by atomic mass is 10.0. The molecule has 0 fully saturated rings. The molecule has 1 atom stereocenters. The smallest absolute Gasteiger partial charge is 0.0951 e. The van der Waals surface area contributed by atoms with Gasteiger partial charge in [-0.05, 0) is 15.9 Å². The molecule has 0 saturated heterocycles. The number of imidazole rings is 1. The first-order valence-corrected chi connectivity index (χ1v) is 5.99. The summed E-state index contributed by atoms with van der Waals surface area (Å²) >= 11 is 3.53. The van der Waals surface area contributed by atoms with Crippen molar-refractivity contribution in [3.8, 4) is 0 Å². The van der Waals surface area contributed by atoms with Gasteiger partial charge >= 0.3 is 0 Å². The van der Waals surface area contributed by atoms with E-state index in [0.717, 1.165) is 28.8 Å². The minimum absolute atomic E-state index is 0.122. The van der Waals surface area contributed by atoms with Gasteiger partial charge in [-0.3, -0.25) is 4.68 Å². The van der Waals surface area contributed by atoms with Gasteiger partial charge in [0.1, 0.15) is 0 Å². The molecule has 2 N–H and O–H groups in total. The fourth-order valence-corrected chi connectivity index (χ4v) is 2.77. The molecule has 0 saturated carbocycles. The minimum atomic E-state index is 0.122. The molecule has 0 amide bonds. The summed E-state index contributed by atoms with van der Waals surface area (Å²) in [6.45, 7) is 0.956. The molecule has 0 aromatic carbocycles. The number of aromatic nitrogens is 4. The molecule has 1 aliphatic heterocycles. The molecule has 5 nitrogen and oxygen atoms in total. The highest BCUT2D eigenvalue weighted by atomic mass is 79.9. The van der Waals surface area contributed by atoms with Crippen molar-refractivity contribution < 1.29 is 0 Å². The van der Waals surface area contributed by atoms with E-state index in [2.05, 4.69) is 36.3 Å². The van der Waals surface area contributed by atoms with E-state index in [0.29, 0.717) is 0 Å². The molecule has 0 aliphatic carbocycles. The van der Waals surface area contributed by atoms with E-state index in [1.165, 1.54) is 5.69 Å². The van der Waals surface area contributed by atoms with Crippen LogP contribution in [-0.2, 0) is 13.5 Å². The van der Waals surface area contributed by atoms with Crippen LogP contribution in [-0.4, -0.2) is 26.3 Å². The second-order valence-corrected chi connectivity index (χ2v) is 4.76. The van der Waals surface area contributed by atoms with E-state index in [4.69, 9.17) is 0 Å². The van der Waals surface area contributed by atoms with Crippen molar-refractivity contribution in [3.05, 3.63) is 34.1 Å². The SMILES string of the molecule is Cn1ncc(Br)c1C1NCCc2[nH]cnc21. The van der Waals surface area contributed by atoms with Crippen LogP contribution in [0.2, 0.25) is 0 Å². The van der Waals surface area contributed by atoms with Crippen LogP contribution in [0.5, 0.6) is 0 Å². The number of hydrogen-bond donors (Lipinski definition) is 2. The van der Waals surface area contributed by atoms with Gasteiger partial charge < -0.3 is 10.3 Å². The van der Waals surface area contributed by atoms with Gasteiger partial charge in [-0.15, -0.1) is 0 Å². The Morgan fingerprint density at radius 2 is 2.44 bits per heavy atom. The lowest BCUT2D eigenvalue weighted by Gasteiger charge is -2.23. The fraction of sp³-hybridized carbons (Fsp3) is 0.400. The van der Waals surface area contributed by atoms with Gasteiger partial charge in [-0.1, -0.05) is 0 Å². The Balaban J connectivity index is 2.10. The van der Waals surface area contributed by atoms with Crippen LogP contribution in [0.4, 0.5) is 0 Å². The highest BCUT2D eigenvalue weighted by Crippen LogP contribution is 2.30. The first-order valence-electron chi connectivity index (χ1n) is 5.20. The van der Waals surface area contributed by atoms with Crippen molar-refractivity contribution in [2.75, 3.05) is 6.54 Å². The van der Waals surface area contributed by atoms with Crippen molar-refractivity contribution in [2.45, 2.75) is 12.5 Å². The number of halogens is 1. The molecular weight excluding hydrogens is 270 g/mol. The van der Waals surface area contributed by atoms with Crippen LogP contribution < -0.4 is 5.32 Å². The lowest BCUT2D eigenvalue weighted by molar-refractivity contribution is 0.516. The Labute approximate surface area is 101 Å². The quantitative estimate of drug-likeness (QED) is 0.824. The second-order valence-electron chi connectivity index (χ2n) is 3.90. The molecule has 3 heterocycles. The van der Waals surface area contributed by atoms with Crippen LogP contribution in [0.25, 0.3) is 0 Å². The van der Waals surface area contributed by atoms with Crippen molar-refractivity contribution in [1.82, 2.24) is 25.1 Å². The molecule has 0 bridgehead atoms. The largest absolute Gasteiger partial charge is 0.348 e. The van der Waals surface area contributed by atoms with Gasteiger partial charge in [0.2, 0.25) is 0 Å². The van der Waals surface area contributed by atoms with Gasteiger partial charge in [-0.25, -0.2) is 4.98 Å².